The first-order chi connectivity index (χ1) is 9.83. The summed E-state index contributed by atoms with van der Waals surface area (Å²) in [6.07, 6.45) is 0. The molecular weight excluding hydrogens is 342 g/mol. The van der Waals surface area contributed by atoms with Crippen LogP contribution in [0.1, 0.15) is 5.69 Å². The minimum Gasteiger partial charge on any atom is -0.315 e. The maximum Gasteiger partial charge on any atom is 0.306 e. The van der Waals surface area contributed by atoms with Crippen LogP contribution in [0.2, 0.25) is 0 Å². The Morgan fingerprint density at radius 2 is 2.19 bits per heavy atom. The summed E-state index contributed by atoms with van der Waals surface area (Å²) >= 11 is 1.54. The van der Waals surface area contributed by atoms with E-state index in [0.29, 0.717) is 17.0 Å². The van der Waals surface area contributed by atoms with E-state index in [0.717, 1.165) is 17.4 Å². The molecule has 0 aliphatic heterocycles. The number of H-pyrrole nitrogens is 1. The second-order valence-electron chi connectivity index (χ2n) is 3.68. The van der Waals surface area contributed by atoms with E-state index in [1.54, 1.807) is 0 Å². The van der Waals surface area contributed by atoms with Gasteiger partial charge in [-0.15, -0.1) is 0 Å². The number of nitrogen functional groups attached to an aromatic ring is 1. The van der Waals surface area contributed by atoms with Crippen LogP contribution in [0.3, 0.4) is 0 Å². The second kappa shape index (κ2) is 5.90. The number of hydrazine groups is 1. The molecule has 0 saturated heterocycles. The Balaban J connectivity index is 2.23. The molecule has 0 unspecified atom stereocenters. The first-order valence-electron chi connectivity index (χ1n) is 5.24. The van der Waals surface area contributed by atoms with E-state index in [1.807, 2.05) is 0 Å². The lowest BCUT2D eigenvalue weighted by Gasteiger charge is -2.02. The fourth-order valence-electron chi connectivity index (χ4n) is 1.38. The molecule has 114 valence electrons. The van der Waals surface area contributed by atoms with Gasteiger partial charge in [0.05, 0.1) is 11.5 Å². The highest BCUT2D eigenvalue weighted by atomic mass is 32.2. The minimum atomic E-state index is -3.94. The number of aromatic nitrogens is 1. The van der Waals surface area contributed by atoms with Gasteiger partial charge >= 0.3 is 10.6 Å². The van der Waals surface area contributed by atoms with Crippen molar-refractivity contribution in [3.63, 3.8) is 0 Å². The van der Waals surface area contributed by atoms with Crippen LogP contribution < -0.4 is 20.9 Å². The number of hydrogen-bond acceptors (Lipinski definition) is 9. The summed E-state index contributed by atoms with van der Waals surface area (Å²) in [5.41, 5.74) is 2.06. The number of nitrogens with zero attached hydrogens (tertiary/aromatic N) is 1. The Hall–Kier alpha value is -1.80. The number of anilines is 1. The van der Waals surface area contributed by atoms with Crippen LogP contribution in [-0.2, 0) is 16.6 Å². The summed E-state index contributed by atoms with van der Waals surface area (Å²) in [4.78, 5) is 23.1. The average Bonchev–Trinajstić information content (AvgIpc) is 3.02. The number of nitrogens with one attached hydrogen (secondary N) is 3. The highest BCUT2D eigenvalue weighted by Gasteiger charge is 2.25. The fraction of sp³-hybridized carbons (Fsp3) is 0.125. The first-order valence-corrected chi connectivity index (χ1v) is 8.42. The minimum absolute atomic E-state index is 0.0654. The molecule has 13 heteroatoms. The van der Waals surface area contributed by atoms with Crippen molar-refractivity contribution >= 4 is 43.4 Å². The molecule has 21 heavy (non-hydrogen) atoms. The fourth-order valence-corrected chi connectivity index (χ4v) is 4.25. The van der Waals surface area contributed by atoms with Gasteiger partial charge in [0.25, 0.3) is 10.0 Å². The molecule has 0 aromatic carbocycles. The SMILES string of the molecule is NNc1sc(S(=O)(=O)NCc2csc(=O)[nH]2)cc1[N+](=O)[O-]. The van der Waals surface area contributed by atoms with Crippen LogP contribution >= 0.6 is 22.7 Å². The van der Waals surface area contributed by atoms with Crippen molar-refractivity contribution in [2.45, 2.75) is 10.8 Å². The zero-order valence-corrected chi connectivity index (χ0v) is 12.6. The van der Waals surface area contributed by atoms with E-state index in [4.69, 9.17) is 5.84 Å². The molecule has 0 bridgehead atoms. The Kier molecular flexibility index (Phi) is 4.38. The normalized spacial score (nSPS) is 11.5. The lowest BCUT2D eigenvalue weighted by molar-refractivity contribution is -0.383. The first kappa shape index (κ1) is 15.6. The Labute approximate surface area is 125 Å². The van der Waals surface area contributed by atoms with Crippen molar-refractivity contribution in [2.24, 2.45) is 5.84 Å². The quantitative estimate of drug-likeness (QED) is 0.328. The number of thiazole rings is 1. The van der Waals surface area contributed by atoms with Crippen LogP contribution in [-0.4, -0.2) is 18.3 Å². The summed E-state index contributed by atoms with van der Waals surface area (Å²) < 4.78 is 26.1. The number of sulfonamides is 1. The maximum absolute atomic E-state index is 12.0. The standard InChI is InChI=1S/C8H9N5O5S3/c9-12-7-5(13(15)16)1-6(20-7)21(17,18)10-2-4-3-19-8(14)11-4/h1,3,10,12H,2,9H2,(H,11,14). The summed E-state index contributed by atoms with van der Waals surface area (Å²) in [7, 11) is -3.94. The number of nitrogens with two attached hydrogens (primary N) is 1. The second-order valence-corrected chi connectivity index (χ2v) is 7.57. The van der Waals surface area contributed by atoms with Crippen LogP contribution in [0.4, 0.5) is 10.7 Å². The molecule has 5 N–H and O–H groups in total. The number of aromatic amines is 1. The van der Waals surface area contributed by atoms with Gasteiger partial charge in [0.1, 0.15) is 4.21 Å². The van der Waals surface area contributed by atoms with E-state index in [2.05, 4.69) is 15.1 Å². The van der Waals surface area contributed by atoms with E-state index < -0.39 is 20.6 Å². The van der Waals surface area contributed by atoms with Crippen LogP contribution in [0, 0.1) is 10.1 Å². The highest BCUT2D eigenvalue weighted by Crippen LogP contribution is 2.36. The van der Waals surface area contributed by atoms with Crippen molar-refractivity contribution in [1.82, 2.24) is 9.71 Å². The molecule has 0 fully saturated rings. The molecule has 10 nitrogen and oxygen atoms in total. The maximum atomic E-state index is 12.0. The summed E-state index contributed by atoms with van der Waals surface area (Å²) in [6.45, 7) is -0.127. The molecule has 0 spiro atoms. The van der Waals surface area contributed by atoms with Gasteiger partial charge in [-0.25, -0.2) is 19.0 Å². The van der Waals surface area contributed by atoms with Gasteiger partial charge < -0.3 is 10.4 Å². The average molecular weight is 351 g/mol. The monoisotopic (exact) mass is 351 g/mol. The van der Waals surface area contributed by atoms with Gasteiger partial charge in [0, 0.05) is 17.1 Å². The zero-order valence-electron chi connectivity index (χ0n) is 10.2. The van der Waals surface area contributed by atoms with Gasteiger partial charge in [-0.05, 0) is 0 Å². The molecule has 0 atom stereocenters. The van der Waals surface area contributed by atoms with Crippen molar-refractivity contribution < 1.29 is 13.3 Å². The van der Waals surface area contributed by atoms with Crippen molar-refractivity contribution in [1.29, 1.82) is 0 Å². The number of nitro groups is 1. The largest absolute Gasteiger partial charge is 0.315 e. The Morgan fingerprint density at radius 3 is 2.67 bits per heavy atom. The highest BCUT2D eigenvalue weighted by molar-refractivity contribution is 7.91. The number of thiophene rings is 1. The van der Waals surface area contributed by atoms with Gasteiger partial charge in [0.15, 0.2) is 5.00 Å². The predicted molar refractivity (Wildman–Crippen MR) is 77.7 cm³/mol. The third-order valence-corrected chi connectivity index (χ3v) is 5.95. The Morgan fingerprint density at radius 1 is 1.48 bits per heavy atom. The van der Waals surface area contributed by atoms with Gasteiger partial charge in [0.2, 0.25) is 0 Å². The van der Waals surface area contributed by atoms with E-state index in [-0.39, 0.29) is 20.6 Å². The predicted octanol–water partition coefficient (Wildman–Crippen LogP) is 0.170. The van der Waals surface area contributed by atoms with Crippen molar-refractivity contribution in [3.8, 4) is 0 Å². The molecule has 0 saturated carbocycles. The zero-order chi connectivity index (χ0) is 15.6. The van der Waals surface area contributed by atoms with E-state index in [9.17, 15) is 23.3 Å². The molecule has 2 rings (SSSR count). The molecular formula is C8H9N5O5S3. The molecule has 0 radical (unpaired) electrons. The van der Waals surface area contributed by atoms with E-state index >= 15 is 0 Å². The molecule has 2 aromatic rings. The number of rotatable bonds is 6. The van der Waals surface area contributed by atoms with Crippen molar-refractivity contribution in [2.75, 3.05) is 5.43 Å². The van der Waals surface area contributed by atoms with Crippen LogP contribution in [0.5, 0.6) is 0 Å². The third kappa shape index (κ3) is 3.45. The van der Waals surface area contributed by atoms with Gasteiger partial charge in [-0.1, -0.05) is 22.7 Å². The topological polar surface area (TPSA) is 160 Å². The lowest BCUT2D eigenvalue weighted by Crippen LogP contribution is -2.22. The third-order valence-electron chi connectivity index (χ3n) is 2.31. The van der Waals surface area contributed by atoms with Crippen LogP contribution in [0.15, 0.2) is 20.5 Å². The van der Waals surface area contributed by atoms with Gasteiger partial charge in [-0.2, -0.15) is 0 Å². The summed E-state index contributed by atoms with van der Waals surface area (Å²) in [5, 5.41) is 12.2. The molecule has 2 aromatic heterocycles. The molecule has 0 amide bonds. The molecule has 0 aliphatic carbocycles. The van der Waals surface area contributed by atoms with E-state index in [1.165, 1.54) is 5.38 Å². The number of hydrogen-bond donors (Lipinski definition) is 4. The summed E-state index contributed by atoms with van der Waals surface area (Å²) in [5.74, 6) is 5.12. The smallest absolute Gasteiger partial charge is 0.306 e. The molecule has 0 aliphatic rings. The molecule has 2 heterocycles. The summed E-state index contributed by atoms with van der Waals surface area (Å²) in [6, 6.07) is 0.915. The lowest BCUT2D eigenvalue weighted by atomic mass is 10.5. The van der Waals surface area contributed by atoms with Crippen LogP contribution in [0.25, 0.3) is 0 Å². The van der Waals surface area contributed by atoms with Gasteiger partial charge in [-0.3, -0.25) is 14.9 Å². The Bertz CT molecular complexity index is 819. The van der Waals surface area contributed by atoms with Crippen molar-refractivity contribution in [3.05, 3.63) is 36.9 Å².